The molecule has 4 heteroatoms. The number of rotatable bonds is 2. The van der Waals surface area contributed by atoms with E-state index in [0.29, 0.717) is 0 Å². The summed E-state index contributed by atoms with van der Waals surface area (Å²) >= 11 is 3.46. The zero-order valence-corrected chi connectivity index (χ0v) is 12.2. The van der Waals surface area contributed by atoms with Gasteiger partial charge in [-0.25, -0.2) is 9.67 Å². The van der Waals surface area contributed by atoms with Gasteiger partial charge in [-0.1, -0.05) is 6.92 Å². The average Bonchev–Trinajstić information content (AvgIpc) is 2.58. The van der Waals surface area contributed by atoms with Crippen LogP contribution < -0.4 is 0 Å². The van der Waals surface area contributed by atoms with Crippen molar-refractivity contribution in [2.75, 3.05) is 0 Å². The van der Waals surface area contributed by atoms with Crippen molar-refractivity contribution in [3.63, 3.8) is 0 Å². The molecule has 3 nitrogen and oxygen atoms in total. The summed E-state index contributed by atoms with van der Waals surface area (Å²) in [4.78, 5) is 4.41. The minimum Gasteiger partial charge on any atom is -0.236 e. The van der Waals surface area contributed by atoms with E-state index in [-0.39, 0.29) is 0 Å². The van der Waals surface area contributed by atoms with Gasteiger partial charge in [0.2, 0.25) is 0 Å². The van der Waals surface area contributed by atoms with Gasteiger partial charge in [-0.15, -0.1) is 0 Å². The van der Waals surface area contributed by atoms with Crippen LogP contribution in [0.1, 0.15) is 29.4 Å². The predicted octanol–water partition coefficient (Wildman–Crippen LogP) is 3.52. The Morgan fingerprint density at radius 1 is 1.29 bits per heavy atom. The van der Waals surface area contributed by atoms with E-state index in [1.807, 2.05) is 23.9 Å². The molecule has 0 atom stereocenters. The first-order valence-electron chi connectivity index (χ1n) is 5.72. The fraction of sp³-hybridized carbons (Fsp3) is 0.385. The monoisotopic (exact) mass is 293 g/mol. The Morgan fingerprint density at radius 3 is 2.53 bits per heavy atom. The molecule has 0 aliphatic rings. The quantitative estimate of drug-likeness (QED) is 0.848. The van der Waals surface area contributed by atoms with Gasteiger partial charge in [0.05, 0.1) is 5.69 Å². The van der Waals surface area contributed by atoms with Gasteiger partial charge < -0.3 is 0 Å². The molecule has 2 rings (SSSR count). The second-order valence-electron chi connectivity index (χ2n) is 4.21. The summed E-state index contributed by atoms with van der Waals surface area (Å²) in [5, 5.41) is 4.56. The van der Waals surface area contributed by atoms with Crippen LogP contribution in [-0.2, 0) is 6.42 Å². The fourth-order valence-electron chi connectivity index (χ4n) is 2.05. The first kappa shape index (κ1) is 12.3. The topological polar surface area (TPSA) is 30.7 Å². The van der Waals surface area contributed by atoms with Crippen LogP contribution in [0.2, 0.25) is 0 Å². The van der Waals surface area contributed by atoms with Gasteiger partial charge in [-0.3, -0.25) is 0 Å². The van der Waals surface area contributed by atoms with Gasteiger partial charge in [0.1, 0.15) is 0 Å². The number of nitrogens with zero attached hydrogens (tertiary/aromatic N) is 3. The molecule has 0 saturated heterocycles. The molecule has 0 unspecified atom stereocenters. The SMILES string of the molecule is CCc1c(C)nn(-c2cc(C)c(Br)cn2)c1C. The lowest BCUT2D eigenvalue weighted by molar-refractivity contribution is 0.803. The normalized spacial score (nSPS) is 10.9. The van der Waals surface area contributed by atoms with Crippen LogP contribution >= 0.6 is 15.9 Å². The predicted molar refractivity (Wildman–Crippen MR) is 72.6 cm³/mol. The van der Waals surface area contributed by atoms with Crippen molar-refractivity contribution >= 4 is 15.9 Å². The van der Waals surface area contributed by atoms with Crippen LogP contribution in [-0.4, -0.2) is 14.8 Å². The van der Waals surface area contributed by atoms with Crippen molar-refractivity contribution in [2.45, 2.75) is 34.1 Å². The molecule has 0 spiro atoms. The highest BCUT2D eigenvalue weighted by atomic mass is 79.9. The fourth-order valence-corrected chi connectivity index (χ4v) is 2.27. The van der Waals surface area contributed by atoms with Crippen molar-refractivity contribution in [1.29, 1.82) is 0 Å². The molecule has 2 aromatic heterocycles. The summed E-state index contributed by atoms with van der Waals surface area (Å²) in [5.74, 6) is 0.881. The van der Waals surface area contributed by atoms with Crippen molar-refractivity contribution in [1.82, 2.24) is 14.8 Å². The maximum atomic E-state index is 4.56. The van der Waals surface area contributed by atoms with Gasteiger partial charge in [-0.2, -0.15) is 5.10 Å². The lowest BCUT2D eigenvalue weighted by atomic mass is 10.1. The summed E-state index contributed by atoms with van der Waals surface area (Å²) in [6.07, 6.45) is 2.83. The Kier molecular flexibility index (Phi) is 3.33. The first-order chi connectivity index (χ1) is 8.04. The van der Waals surface area contributed by atoms with Crippen LogP contribution in [0.5, 0.6) is 0 Å². The summed E-state index contributed by atoms with van der Waals surface area (Å²) < 4.78 is 2.95. The van der Waals surface area contributed by atoms with Crippen LogP contribution in [0, 0.1) is 20.8 Å². The minimum absolute atomic E-state index is 0.881. The second kappa shape index (κ2) is 4.61. The van der Waals surface area contributed by atoms with Gasteiger partial charge in [0.25, 0.3) is 0 Å². The van der Waals surface area contributed by atoms with Crippen LogP contribution in [0.4, 0.5) is 0 Å². The molecule has 0 N–H and O–H groups in total. The molecule has 0 aliphatic heterocycles. The lowest BCUT2D eigenvalue weighted by Crippen LogP contribution is -2.02. The Labute approximate surface area is 110 Å². The first-order valence-corrected chi connectivity index (χ1v) is 6.51. The maximum absolute atomic E-state index is 4.56. The molecule has 0 radical (unpaired) electrons. The lowest BCUT2D eigenvalue weighted by Gasteiger charge is -2.06. The number of aryl methyl sites for hydroxylation is 2. The standard InChI is InChI=1S/C13H16BrN3/c1-5-11-9(3)16-17(10(11)4)13-6-8(2)12(14)7-15-13/h6-7H,5H2,1-4H3. The molecule has 2 heterocycles. The van der Waals surface area contributed by atoms with E-state index in [0.717, 1.165) is 22.4 Å². The Balaban J connectivity index is 2.57. The summed E-state index contributed by atoms with van der Waals surface area (Å²) in [6.45, 7) is 8.36. The van der Waals surface area contributed by atoms with Crippen molar-refractivity contribution in [3.8, 4) is 5.82 Å². The Hall–Kier alpha value is -1.16. The van der Waals surface area contributed by atoms with E-state index in [2.05, 4.69) is 46.8 Å². The second-order valence-corrected chi connectivity index (χ2v) is 5.06. The molecule has 0 aromatic carbocycles. The number of halogens is 1. The van der Waals surface area contributed by atoms with Crippen molar-refractivity contribution in [3.05, 3.63) is 39.3 Å². The molecule has 17 heavy (non-hydrogen) atoms. The summed E-state index contributed by atoms with van der Waals surface area (Å²) in [5.41, 5.74) is 4.75. The Morgan fingerprint density at radius 2 is 2.00 bits per heavy atom. The molecular weight excluding hydrogens is 278 g/mol. The number of aromatic nitrogens is 3. The van der Waals surface area contributed by atoms with Gasteiger partial charge in [0.15, 0.2) is 5.82 Å². The molecule has 0 fully saturated rings. The molecular formula is C13H16BrN3. The van der Waals surface area contributed by atoms with Gasteiger partial charge in [-0.05, 0) is 60.3 Å². The van der Waals surface area contributed by atoms with Crippen molar-refractivity contribution in [2.24, 2.45) is 0 Å². The van der Waals surface area contributed by atoms with E-state index in [4.69, 9.17) is 0 Å². The highest BCUT2D eigenvalue weighted by Gasteiger charge is 2.12. The average molecular weight is 294 g/mol. The maximum Gasteiger partial charge on any atom is 0.153 e. The molecule has 0 aliphatic carbocycles. The highest BCUT2D eigenvalue weighted by Crippen LogP contribution is 2.20. The van der Waals surface area contributed by atoms with Crippen LogP contribution in [0.15, 0.2) is 16.7 Å². The van der Waals surface area contributed by atoms with Crippen molar-refractivity contribution < 1.29 is 0 Å². The van der Waals surface area contributed by atoms with E-state index in [9.17, 15) is 0 Å². The zero-order valence-electron chi connectivity index (χ0n) is 10.6. The molecule has 0 saturated carbocycles. The van der Waals surface area contributed by atoms with E-state index < -0.39 is 0 Å². The third kappa shape index (κ3) is 2.14. The number of hydrogen-bond donors (Lipinski definition) is 0. The van der Waals surface area contributed by atoms with E-state index in [1.165, 1.54) is 16.8 Å². The molecule has 0 amide bonds. The minimum atomic E-state index is 0.881. The van der Waals surface area contributed by atoms with Gasteiger partial charge >= 0.3 is 0 Å². The summed E-state index contributed by atoms with van der Waals surface area (Å²) in [7, 11) is 0. The van der Waals surface area contributed by atoms with Gasteiger partial charge in [0, 0.05) is 16.4 Å². The Bertz CT molecular complexity index is 558. The highest BCUT2D eigenvalue weighted by molar-refractivity contribution is 9.10. The van der Waals surface area contributed by atoms with E-state index >= 15 is 0 Å². The van der Waals surface area contributed by atoms with E-state index in [1.54, 1.807) is 0 Å². The van der Waals surface area contributed by atoms with Crippen LogP contribution in [0.25, 0.3) is 5.82 Å². The number of pyridine rings is 1. The third-order valence-corrected chi connectivity index (χ3v) is 3.87. The zero-order chi connectivity index (χ0) is 12.6. The smallest absolute Gasteiger partial charge is 0.153 e. The van der Waals surface area contributed by atoms with Crippen LogP contribution in [0.3, 0.4) is 0 Å². The summed E-state index contributed by atoms with van der Waals surface area (Å²) in [6, 6.07) is 2.04. The molecule has 2 aromatic rings. The largest absolute Gasteiger partial charge is 0.236 e. The molecule has 0 bridgehead atoms. The third-order valence-electron chi connectivity index (χ3n) is 3.04. The number of hydrogen-bond acceptors (Lipinski definition) is 2. The molecule has 90 valence electrons.